The van der Waals surface area contributed by atoms with E-state index in [-0.39, 0.29) is 0 Å². The highest BCUT2D eigenvalue weighted by atomic mass is 15.1. The highest BCUT2D eigenvalue weighted by molar-refractivity contribution is 5.49. The first kappa shape index (κ1) is 8.11. The van der Waals surface area contributed by atoms with Gasteiger partial charge in [0.1, 0.15) is 18.3 Å². The summed E-state index contributed by atoms with van der Waals surface area (Å²) < 4.78 is 1.93. The Bertz CT molecular complexity index is 544. The molecule has 2 heterocycles. The number of rotatable bonds is 1. The maximum absolute atomic E-state index is 4.21. The van der Waals surface area contributed by atoms with E-state index in [0.717, 1.165) is 11.4 Å². The number of hydrogen-bond acceptors (Lipinski definition) is 3. The van der Waals surface area contributed by atoms with Crippen molar-refractivity contribution >= 4 is 0 Å². The molecule has 4 nitrogen and oxygen atoms in total. The molecule has 0 saturated heterocycles. The van der Waals surface area contributed by atoms with Crippen LogP contribution in [0.2, 0.25) is 0 Å². The zero-order valence-electron chi connectivity index (χ0n) is 7.91. The van der Waals surface area contributed by atoms with E-state index in [9.17, 15) is 0 Å². The van der Waals surface area contributed by atoms with Crippen LogP contribution in [0.4, 0.5) is 0 Å². The van der Waals surface area contributed by atoms with Gasteiger partial charge in [-0.1, -0.05) is 18.2 Å². The second-order valence-electron chi connectivity index (χ2n) is 3.20. The van der Waals surface area contributed by atoms with Crippen molar-refractivity contribution in [3.63, 3.8) is 0 Å². The van der Waals surface area contributed by atoms with Crippen LogP contribution in [0.25, 0.3) is 17.2 Å². The van der Waals surface area contributed by atoms with Crippen molar-refractivity contribution in [1.29, 1.82) is 0 Å². The molecule has 72 valence electrons. The van der Waals surface area contributed by atoms with Crippen molar-refractivity contribution in [2.75, 3.05) is 0 Å². The molecule has 0 unspecified atom stereocenters. The highest BCUT2D eigenvalue weighted by Gasteiger charge is 2.06. The molecule has 1 aromatic rings. The SMILES string of the molecule is c1ccc(-n2cnc3ncnc-3c2)cc1. The number of aromatic nitrogens is 4. The van der Waals surface area contributed by atoms with Crippen molar-refractivity contribution in [1.82, 2.24) is 19.5 Å². The average Bonchev–Trinajstić information content (AvgIpc) is 2.77. The highest BCUT2D eigenvalue weighted by Crippen LogP contribution is 2.14. The van der Waals surface area contributed by atoms with E-state index in [1.54, 1.807) is 6.33 Å². The van der Waals surface area contributed by atoms with E-state index in [1.165, 1.54) is 6.33 Å². The van der Waals surface area contributed by atoms with Gasteiger partial charge in [-0.05, 0) is 12.1 Å². The Morgan fingerprint density at radius 3 is 2.67 bits per heavy atom. The van der Waals surface area contributed by atoms with Crippen molar-refractivity contribution in [2.45, 2.75) is 0 Å². The summed E-state index contributed by atoms with van der Waals surface area (Å²) in [5, 5.41) is 0. The Hall–Kier alpha value is -2.23. The van der Waals surface area contributed by atoms with E-state index in [1.807, 2.05) is 41.1 Å². The standard InChI is InChI=1S/C11H8N4/c1-2-4-9(5-3-1)15-6-10-11(14-8-15)13-7-12-10/h1-8H. The molecule has 2 aliphatic rings. The summed E-state index contributed by atoms with van der Waals surface area (Å²) in [5.41, 5.74) is 1.87. The summed E-state index contributed by atoms with van der Waals surface area (Å²) in [4.78, 5) is 12.3. The Balaban J connectivity index is 2.17. The smallest absolute Gasteiger partial charge is 0.182 e. The lowest BCUT2D eigenvalue weighted by atomic mass is 10.3. The van der Waals surface area contributed by atoms with Crippen molar-refractivity contribution < 1.29 is 0 Å². The van der Waals surface area contributed by atoms with Crippen LogP contribution in [0, 0.1) is 0 Å². The van der Waals surface area contributed by atoms with E-state index < -0.39 is 0 Å². The van der Waals surface area contributed by atoms with E-state index in [0.29, 0.717) is 5.82 Å². The second-order valence-corrected chi connectivity index (χ2v) is 3.20. The number of fused-ring (bicyclic) bond motifs is 1. The van der Waals surface area contributed by atoms with Gasteiger partial charge in [0.15, 0.2) is 5.82 Å². The van der Waals surface area contributed by atoms with Crippen molar-refractivity contribution in [2.24, 2.45) is 0 Å². The summed E-state index contributed by atoms with van der Waals surface area (Å²) in [6, 6.07) is 10.00. The summed E-state index contributed by atoms with van der Waals surface area (Å²) in [7, 11) is 0. The molecule has 0 aromatic heterocycles. The van der Waals surface area contributed by atoms with Crippen molar-refractivity contribution in [3.8, 4) is 17.2 Å². The molecule has 0 aliphatic carbocycles. The lowest BCUT2D eigenvalue weighted by Gasteiger charge is -2.06. The molecular weight excluding hydrogens is 188 g/mol. The summed E-state index contributed by atoms with van der Waals surface area (Å²) in [6.07, 6.45) is 5.18. The maximum atomic E-state index is 4.21. The van der Waals surface area contributed by atoms with Gasteiger partial charge in [0.2, 0.25) is 0 Å². The van der Waals surface area contributed by atoms with Gasteiger partial charge in [0.05, 0.1) is 0 Å². The fraction of sp³-hybridized carbons (Fsp3) is 0. The van der Waals surface area contributed by atoms with Crippen LogP contribution < -0.4 is 0 Å². The lowest BCUT2D eigenvalue weighted by Crippen LogP contribution is -1.98. The van der Waals surface area contributed by atoms with Crippen LogP contribution in [0.15, 0.2) is 49.2 Å². The van der Waals surface area contributed by atoms with Crippen molar-refractivity contribution in [3.05, 3.63) is 49.2 Å². The zero-order chi connectivity index (χ0) is 10.1. The zero-order valence-corrected chi connectivity index (χ0v) is 7.91. The van der Waals surface area contributed by atoms with Crippen LogP contribution in [0.1, 0.15) is 0 Å². The van der Waals surface area contributed by atoms with Gasteiger partial charge < -0.3 is 4.57 Å². The first-order valence-corrected chi connectivity index (χ1v) is 4.63. The first-order valence-electron chi connectivity index (χ1n) is 4.63. The predicted molar refractivity (Wildman–Crippen MR) is 55.8 cm³/mol. The average molecular weight is 196 g/mol. The number of imidazole rings is 1. The summed E-state index contributed by atoms with van der Waals surface area (Å²) in [6.45, 7) is 0. The van der Waals surface area contributed by atoms with E-state index >= 15 is 0 Å². The molecule has 0 fully saturated rings. The summed E-state index contributed by atoms with van der Waals surface area (Å²) in [5.74, 6) is 0.683. The predicted octanol–water partition coefficient (Wildman–Crippen LogP) is 1.77. The molecule has 15 heavy (non-hydrogen) atoms. The van der Waals surface area contributed by atoms with Gasteiger partial charge in [-0.25, -0.2) is 15.0 Å². The van der Waals surface area contributed by atoms with Gasteiger partial charge in [-0.3, -0.25) is 0 Å². The minimum absolute atomic E-state index is 0.683. The van der Waals surface area contributed by atoms with E-state index in [4.69, 9.17) is 0 Å². The lowest BCUT2D eigenvalue weighted by molar-refractivity contribution is 0.970. The number of hydrogen-bond donors (Lipinski definition) is 0. The Morgan fingerprint density at radius 2 is 1.80 bits per heavy atom. The molecule has 0 saturated carbocycles. The number of nitrogens with zero attached hydrogens (tertiary/aromatic N) is 4. The molecule has 0 atom stereocenters. The van der Waals surface area contributed by atoms with Gasteiger partial charge in [-0.15, -0.1) is 0 Å². The van der Waals surface area contributed by atoms with Gasteiger partial charge in [0, 0.05) is 11.9 Å². The monoisotopic (exact) mass is 196 g/mol. The van der Waals surface area contributed by atoms with Crippen LogP contribution in [0.5, 0.6) is 0 Å². The van der Waals surface area contributed by atoms with Crippen LogP contribution >= 0.6 is 0 Å². The minimum Gasteiger partial charge on any atom is -0.305 e. The Kier molecular flexibility index (Phi) is 1.71. The molecule has 0 spiro atoms. The second kappa shape index (κ2) is 3.16. The normalized spacial score (nSPS) is 10.7. The van der Waals surface area contributed by atoms with E-state index in [2.05, 4.69) is 15.0 Å². The fourth-order valence-corrected chi connectivity index (χ4v) is 1.48. The third kappa shape index (κ3) is 1.36. The number of para-hydroxylation sites is 1. The molecule has 3 rings (SSSR count). The third-order valence-corrected chi connectivity index (χ3v) is 2.23. The molecular formula is C11H8N4. The quantitative estimate of drug-likeness (QED) is 0.595. The summed E-state index contributed by atoms with van der Waals surface area (Å²) >= 11 is 0. The molecule has 0 amide bonds. The largest absolute Gasteiger partial charge is 0.305 e. The fourth-order valence-electron chi connectivity index (χ4n) is 1.48. The van der Waals surface area contributed by atoms with Crippen LogP contribution in [0.3, 0.4) is 0 Å². The minimum atomic E-state index is 0.683. The van der Waals surface area contributed by atoms with Crippen LogP contribution in [-0.2, 0) is 0 Å². The van der Waals surface area contributed by atoms with Gasteiger partial charge in [0.25, 0.3) is 0 Å². The van der Waals surface area contributed by atoms with Gasteiger partial charge in [-0.2, -0.15) is 0 Å². The molecule has 1 aromatic carbocycles. The Labute approximate surface area is 86.6 Å². The first-order chi connectivity index (χ1) is 7.43. The number of benzene rings is 1. The molecule has 2 aliphatic heterocycles. The molecule has 0 N–H and O–H groups in total. The topological polar surface area (TPSA) is 43.6 Å². The molecule has 4 heteroatoms. The Morgan fingerprint density at radius 1 is 0.933 bits per heavy atom. The third-order valence-electron chi connectivity index (χ3n) is 2.23. The maximum Gasteiger partial charge on any atom is 0.182 e. The molecule has 0 bridgehead atoms. The molecule has 0 radical (unpaired) electrons. The van der Waals surface area contributed by atoms with Crippen LogP contribution in [-0.4, -0.2) is 19.5 Å². The van der Waals surface area contributed by atoms with Gasteiger partial charge >= 0.3 is 0 Å².